The highest BCUT2D eigenvalue weighted by molar-refractivity contribution is 6.30. The molecule has 26 heavy (non-hydrogen) atoms. The lowest BCUT2D eigenvalue weighted by Crippen LogP contribution is -2.39. The Balaban J connectivity index is 1.63. The van der Waals surface area contributed by atoms with Crippen molar-refractivity contribution in [3.8, 4) is 0 Å². The molecule has 0 saturated carbocycles. The molecule has 7 heteroatoms. The molecule has 1 aliphatic heterocycles. The number of halogens is 1. The summed E-state index contributed by atoms with van der Waals surface area (Å²) in [4.78, 5) is 32.5. The van der Waals surface area contributed by atoms with Crippen molar-refractivity contribution in [1.82, 2.24) is 14.8 Å². The second-order valence-corrected chi connectivity index (χ2v) is 6.58. The van der Waals surface area contributed by atoms with Gasteiger partial charge < -0.3 is 14.9 Å². The minimum Gasteiger partial charge on any atom is -0.378 e. The molecular weight excluding hydrogens is 354 g/mol. The molecule has 2 aromatic rings. The summed E-state index contributed by atoms with van der Waals surface area (Å²) in [7, 11) is 0. The summed E-state index contributed by atoms with van der Waals surface area (Å²) in [6, 6.07) is 12.1. The molecule has 0 bridgehead atoms. The Bertz CT molecular complexity index is 767. The molecule has 0 radical (unpaired) electrons. The van der Waals surface area contributed by atoms with Gasteiger partial charge in [0.05, 0.1) is 5.02 Å². The van der Waals surface area contributed by atoms with Gasteiger partial charge in [-0.3, -0.25) is 9.59 Å². The van der Waals surface area contributed by atoms with E-state index in [1.165, 1.54) is 6.20 Å². The number of pyridine rings is 1. The summed E-state index contributed by atoms with van der Waals surface area (Å²) in [5.41, 5.74) is 0.901. The number of carbonyl (C=O) groups is 2. The number of hydrogen-bond donors (Lipinski definition) is 1. The average Bonchev–Trinajstić information content (AvgIpc) is 2.94. The van der Waals surface area contributed by atoms with Crippen LogP contribution in [0.3, 0.4) is 0 Å². The molecule has 1 N–H and O–H groups in total. The molecule has 1 fully saturated rings. The largest absolute Gasteiger partial charge is 0.378 e. The number of aromatic nitrogens is 1. The zero-order valence-corrected chi connectivity index (χ0v) is 15.0. The van der Waals surface area contributed by atoms with Gasteiger partial charge in [-0.1, -0.05) is 41.9 Å². The molecule has 0 unspecified atom stereocenters. The molecule has 136 valence electrons. The number of aliphatic hydroxyl groups excluding tert-OH is 1. The van der Waals surface area contributed by atoms with Gasteiger partial charge in [0.15, 0.2) is 6.10 Å². The Labute approximate surface area is 157 Å². The number of nitrogens with zero attached hydrogens (tertiary/aromatic N) is 3. The fourth-order valence-corrected chi connectivity index (χ4v) is 3.07. The smallest absolute Gasteiger partial charge is 0.272 e. The zero-order valence-electron chi connectivity index (χ0n) is 14.2. The number of carbonyl (C=O) groups excluding carboxylic acids is 2. The van der Waals surface area contributed by atoms with Gasteiger partial charge in [0, 0.05) is 32.4 Å². The molecule has 1 aliphatic rings. The van der Waals surface area contributed by atoms with Crippen molar-refractivity contribution in [2.75, 3.05) is 26.2 Å². The quantitative estimate of drug-likeness (QED) is 0.894. The van der Waals surface area contributed by atoms with Gasteiger partial charge in [-0.2, -0.15) is 0 Å². The highest BCUT2D eigenvalue weighted by atomic mass is 35.5. The van der Waals surface area contributed by atoms with E-state index in [2.05, 4.69) is 4.98 Å². The first-order valence-electron chi connectivity index (χ1n) is 8.49. The third-order valence-electron chi connectivity index (χ3n) is 4.39. The molecule has 1 atom stereocenters. The van der Waals surface area contributed by atoms with Crippen LogP contribution in [0, 0.1) is 0 Å². The van der Waals surface area contributed by atoms with Crippen molar-refractivity contribution in [2.45, 2.75) is 12.5 Å². The first kappa shape index (κ1) is 18.4. The van der Waals surface area contributed by atoms with Gasteiger partial charge >= 0.3 is 0 Å². The normalized spacial score (nSPS) is 16.1. The van der Waals surface area contributed by atoms with Crippen LogP contribution < -0.4 is 0 Å². The Morgan fingerprint density at radius 1 is 1.00 bits per heavy atom. The third-order valence-corrected chi connectivity index (χ3v) is 4.61. The van der Waals surface area contributed by atoms with Crippen LogP contribution in [0.15, 0.2) is 48.7 Å². The van der Waals surface area contributed by atoms with Gasteiger partial charge in [0.1, 0.15) is 5.69 Å². The summed E-state index contributed by atoms with van der Waals surface area (Å²) < 4.78 is 0. The molecule has 3 rings (SSSR count). The van der Waals surface area contributed by atoms with E-state index in [-0.39, 0.29) is 11.8 Å². The Kier molecular flexibility index (Phi) is 5.85. The zero-order chi connectivity index (χ0) is 18.5. The molecule has 2 heterocycles. The topological polar surface area (TPSA) is 73.7 Å². The first-order valence-corrected chi connectivity index (χ1v) is 8.86. The Morgan fingerprint density at radius 3 is 2.38 bits per heavy atom. The van der Waals surface area contributed by atoms with Crippen LogP contribution in [0.4, 0.5) is 0 Å². The fraction of sp³-hybridized carbons (Fsp3) is 0.316. The number of amides is 2. The second-order valence-electron chi connectivity index (χ2n) is 6.15. The molecule has 0 spiro atoms. The maximum absolute atomic E-state index is 12.6. The van der Waals surface area contributed by atoms with E-state index in [0.717, 1.165) is 0 Å². The summed E-state index contributed by atoms with van der Waals surface area (Å²) in [5, 5.41) is 10.8. The van der Waals surface area contributed by atoms with Crippen LogP contribution in [0.5, 0.6) is 0 Å². The molecule has 0 aliphatic carbocycles. The molecule has 1 aromatic carbocycles. The SMILES string of the molecule is O=C(c1ccc(Cl)cn1)N1CCCN(C(=O)[C@@H](O)c2ccccc2)CC1. The van der Waals surface area contributed by atoms with Crippen LogP contribution >= 0.6 is 11.6 Å². The van der Waals surface area contributed by atoms with Crippen molar-refractivity contribution >= 4 is 23.4 Å². The summed E-state index contributed by atoms with van der Waals surface area (Å²) in [6.45, 7) is 1.81. The van der Waals surface area contributed by atoms with Crippen LogP contribution in [0.25, 0.3) is 0 Å². The first-order chi connectivity index (χ1) is 12.6. The average molecular weight is 374 g/mol. The number of benzene rings is 1. The summed E-state index contributed by atoms with van der Waals surface area (Å²) in [5.74, 6) is -0.519. The van der Waals surface area contributed by atoms with E-state index in [4.69, 9.17) is 11.6 Å². The lowest BCUT2D eigenvalue weighted by Gasteiger charge is -2.24. The monoisotopic (exact) mass is 373 g/mol. The van der Waals surface area contributed by atoms with Crippen molar-refractivity contribution < 1.29 is 14.7 Å². The Hall–Kier alpha value is -2.44. The van der Waals surface area contributed by atoms with Crippen molar-refractivity contribution in [1.29, 1.82) is 0 Å². The van der Waals surface area contributed by atoms with Crippen LogP contribution in [0.1, 0.15) is 28.6 Å². The maximum atomic E-state index is 12.6. The number of rotatable bonds is 3. The summed E-state index contributed by atoms with van der Waals surface area (Å²) >= 11 is 5.81. The molecular formula is C19H20ClN3O3. The van der Waals surface area contributed by atoms with E-state index >= 15 is 0 Å². The van der Waals surface area contributed by atoms with Crippen LogP contribution in [0.2, 0.25) is 5.02 Å². The molecule has 1 saturated heterocycles. The standard InChI is InChI=1S/C19H20ClN3O3/c20-15-7-8-16(21-13-15)18(25)22-9-4-10-23(12-11-22)19(26)17(24)14-5-2-1-3-6-14/h1-3,5-8,13,17,24H,4,9-12H2/t17-/m0/s1. The van der Waals surface area contributed by atoms with Crippen molar-refractivity contribution in [2.24, 2.45) is 0 Å². The van der Waals surface area contributed by atoms with Gasteiger partial charge in [0.25, 0.3) is 11.8 Å². The van der Waals surface area contributed by atoms with Crippen LogP contribution in [-0.4, -0.2) is 57.9 Å². The van der Waals surface area contributed by atoms with Crippen LogP contribution in [-0.2, 0) is 4.79 Å². The predicted octanol–water partition coefficient (Wildman–Crippen LogP) is 2.14. The summed E-state index contributed by atoms with van der Waals surface area (Å²) in [6.07, 6.45) is 0.905. The van der Waals surface area contributed by atoms with E-state index in [9.17, 15) is 14.7 Å². The van der Waals surface area contributed by atoms with Gasteiger partial charge in [-0.25, -0.2) is 4.98 Å². The highest BCUT2D eigenvalue weighted by Crippen LogP contribution is 2.17. The molecule has 2 amide bonds. The lowest BCUT2D eigenvalue weighted by molar-refractivity contribution is -0.140. The number of aliphatic hydroxyl groups is 1. The maximum Gasteiger partial charge on any atom is 0.272 e. The van der Waals surface area contributed by atoms with E-state index in [0.29, 0.717) is 48.9 Å². The fourth-order valence-electron chi connectivity index (χ4n) is 2.96. The van der Waals surface area contributed by atoms with E-state index in [1.807, 2.05) is 6.07 Å². The number of hydrogen-bond acceptors (Lipinski definition) is 4. The molecule has 1 aromatic heterocycles. The predicted molar refractivity (Wildman–Crippen MR) is 97.7 cm³/mol. The van der Waals surface area contributed by atoms with Gasteiger partial charge in [-0.05, 0) is 24.1 Å². The van der Waals surface area contributed by atoms with Crippen molar-refractivity contribution in [3.63, 3.8) is 0 Å². The van der Waals surface area contributed by atoms with E-state index in [1.54, 1.807) is 46.2 Å². The highest BCUT2D eigenvalue weighted by Gasteiger charge is 2.27. The molecule has 6 nitrogen and oxygen atoms in total. The second kappa shape index (κ2) is 8.29. The minimum atomic E-state index is -1.18. The Morgan fingerprint density at radius 2 is 1.69 bits per heavy atom. The van der Waals surface area contributed by atoms with Gasteiger partial charge in [-0.15, -0.1) is 0 Å². The minimum absolute atomic E-state index is 0.181. The third kappa shape index (κ3) is 4.20. The van der Waals surface area contributed by atoms with Gasteiger partial charge in [0.2, 0.25) is 0 Å². The van der Waals surface area contributed by atoms with Crippen molar-refractivity contribution in [3.05, 3.63) is 64.9 Å². The lowest BCUT2D eigenvalue weighted by atomic mass is 10.1. The van der Waals surface area contributed by atoms with E-state index < -0.39 is 6.10 Å².